The summed E-state index contributed by atoms with van der Waals surface area (Å²) < 4.78 is 6.87. The van der Waals surface area contributed by atoms with Gasteiger partial charge in [0.2, 0.25) is 0 Å². The van der Waals surface area contributed by atoms with Gasteiger partial charge in [-0.3, -0.25) is 9.67 Å². The number of aryl methyl sites for hydroxylation is 1. The summed E-state index contributed by atoms with van der Waals surface area (Å²) in [6.45, 7) is 0.784. The van der Waals surface area contributed by atoms with Crippen LogP contribution in [0.5, 0.6) is 5.75 Å². The summed E-state index contributed by atoms with van der Waals surface area (Å²) in [6.07, 6.45) is 1.74. The van der Waals surface area contributed by atoms with Crippen molar-refractivity contribution in [3.8, 4) is 17.1 Å². The maximum atomic E-state index is 12.0. The van der Waals surface area contributed by atoms with Crippen LogP contribution in [-0.2, 0) is 20.1 Å². The molecule has 0 fully saturated rings. The number of amides is 2. The number of hydrogen-bond donors (Lipinski definition) is 2. The molecule has 2 aromatic heterocycles. The van der Waals surface area contributed by atoms with Crippen LogP contribution in [-0.4, -0.2) is 27.9 Å². The second kappa shape index (κ2) is 8.15. The third kappa shape index (κ3) is 4.38. The van der Waals surface area contributed by atoms with E-state index in [1.165, 1.54) is 0 Å². The zero-order valence-corrected chi connectivity index (χ0v) is 14.8. The SMILES string of the molecule is COc1ccc(CNC(=O)NCc2cc(-c3ccccn3)n(C)n2)cc1. The van der Waals surface area contributed by atoms with Crippen LogP contribution in [0.2, 0.25) is 0 Å². The van der Waals surface area contributed by atoms with Crippen LogP contribution in [0.3, 0.4) is 0 Å². The van der Waals surface area contributed by atoms with Gasteiger partial charge in [-0.1, -0.05) is 18.2 Å². The highest BCUT2D eigenvalue weighted by molar-refractivity contribution is 5.73. The fourth-order valence-corrected chi connectivity index (χ4v) is 2.53. The molecule has 7 heteroatoms. The second-order valence-corrected chi connectivity index (χ2v) is 5.74. The Kier molecular flexibility index (Phi) is 5.48. The molecule has 2 N–H and O–H groups in total. The van der Waals surface area contributed by atoms with Crippen molar-refractivity contribution in [1.29, 1.82) is 0 Å². The van der Waals surface area contributed by atoms with Crippen molar-refractivity contribution in [2.24, 2.45) is 7.05 Å². The molecular weight excluding hydrogens is 330 g/mol. The fourth-order valence-electron chi connectivity index (χ4n) is 2.53. The normalized spacial score (nSPS) is 10.4. The summed E-state index contributed by atoms with van der Waals surface area (Å²) in [5.41, 5.74) is 3.52. The summed E-state index contributed by atoms with van der Waals surface area (Å²) in [5.74, 6) is 0.789. The molecule has 0 saturated carbocycles. The lowest BCUT2D eigenvalue weighted by Crippen LogP contribution is -2.34. The molecular formula is C19H21N5O2. The van der Waals surface area contributed by atoms with E-state index in [2.05, 4.69) is 20.7 Å². The van der Waals surface area contributed by atoms with Crippen molar-refractivity contribution in [3.63, 3.8) is 0 Å². The number of nitrogens with one attached hydrogen (secondary N) is 2. The van der Waals surface area contributed by atoms with Gasteiger partial charge in [0.05, 0.1) is 30.7 Å². The van der Waals surface area contributed by atoms with Gasteiger partial charge in [0.1, 0.15) is 5.75 Å². The molecule has 7 nitrogen and oxygen atoms in total. The Labute approximate surface area is 152 Å². The summed E-state index contributed by atoms with van der Waals surface area (Å²) in [5, 5.41) is 10.1. The minimum atomic E-state index is -0.245. The summed E-state index contributed by atoms with van der Waals surface area (Å²) in [4.78, 5) is 16.3. The van der Waals surface area contributed by atoms with E-state index in [1.54, 1.807) is 18.0 Å². The Balaban J connectivity index is 1.51. The van der Waals surface area contributed by atoms with Gasteiger partial charge in [-0.05, 0) is 35.9 Å². The summed E-state index contributed by atoms with van der Waals surface area (Å²) in [7, 11) is 3.48. The number of aromatic nitrogens is 3. The first-order valence-corrected chi connectivity index (χ1v) is 8.24. The molecule has 0 aliphatic heterocycles. The molecule has 2 amide bonds. The standard InChI is InChI=1S/C19H21N5O2/c1-24-18(17-5-3-4-10-20-17)11-15(23-24)13-22-19(25)21-12-14-6-8-16(26-2)9-7-14/h3-11H,12-13H2,1-2H3,(H2,21,22,25). The number of nitrogens with zero attached hydrogens (tertiary/aromatic N) is 3. The van der Waals surface area contributed by atoms with Gasteiger partial charge < -0.3 is 15.4 Å². The Bertz CT molecular complexity index is 859. The van der Waals surface area contributed by atoms with Gasteiger partial charge in [0, 0.05) is 19.8 Å². The van der Waals surface area contributed by atoms with Crippen LogP contribution >= 0.6 is 0 Å². The van der Waals surface area contributed by atoms with E-state index < -0.39 is 0 Å². The highest BCUT2D eigenvalue weighted by atomic mass is 16.5. The van der Waals surface area contributed by atoms with Crippen molar-refractivity contribution in [2.45, 2.75) is 13.1 Å². The number of urea groups is 1. The third-order valence-electron chi connectivity index (χ3n) is 3.90. The van der Waals surface area contributed by atoms with E-state index in [0.717, 1.165) is 28.4 Å². The topological polar surface area (TPSA) is 81.1 Å². The molecule has 134 valence electrons. The van der Waals surface area contributed by atoms with E-state index in [-0.39, 0.29) is 6.03 Å². The summed E-state index contributed by atoms with van der Waals surface area (Å²) >= 11 is 0. The first-order valence-electron chi connectivity index (χ1n) is 8.24. The number of pyridine rings is 1. The molecule has 0 spiro atoms. The number of ether oxygens (including phenoxy) is 1. The van der Waals surface area contributed by atoms with Crippen molar-refractivity contribution >= 4 is 6.03 Å². The van der Waals surface area contributed by atoms with Crippen molar-refractivity contribution < 1.29 is 9.53 Å². The van der Waals surface area contributed by atoms with Gasteiger partial charge in [-0.15, -0.1) is 0 Å². The van der Waals surface area contributed by atoms with Crippen LogP contribution in [0.15, 0.2) is 54.7 Å². The quantitative estimate of drug-likeness (QED) is 0.715. The second-order valence-electron chi connectivity index (χ2n) is 5.74. The van der Waals surface area contributed by atoms with E-state index in [0.29, 0.717) is 13.1 Å². The molecule has 0 radical (unpaired) electrons. The number of carbonyl (C=O) groups is 1. The number of carbonyl (C=O) groups excluding carboxylic acids is 1. The molecule has 0 atom stereocenters. The monoisotopic (exact) mass is 351 g/mol. The lowest BCUT2D eigenvalue weighted by Gasteiger charge is -2.07. The van der Waals surface area contributed by atoms with Crippen molar-refractivity contribution in [1.82, 2.24) is 25.4 Å². The van der Waals surface area contributed by atoms with Crippen molar-refractivity contribution in [3.05, 3.63) is 66.0 Å². The van der Waals surface area contributed by atoms with Crippen LogP contribution in [0, 0.1) is 0 Å². The Morgan fingerprint density at radius 1 is 1.12 bits per heavy atom. The molecule has 3 rings (SSSR count). The Morgan fingerprint density at radius 2 is 1.88 bits per heavy atom. The molecule has 0 unspecified atom stereocenters. The summed E-state index contributed by atoms with van der Waals surface area (Å²) in [6, 6.07) is 15.0. The predicted molar refractivity (Wildman–Crippen MR) is 98.5 cm³/mol. The predicted octanol–water partition coefficient (Wildman–Crippen LogP) is 2.49. The zero-order chi connectivity index (χ0) is 18.4. The van der Waals surface area contributed by atoms with E-state index in [1.807, 2.05) is 55.6 Å². The van der Waals surface area contributed by atoms with Crippen molar-refractivity contribution in [2.75, 3.05) is 7.11 Å². The highest BCUT2D eigenvalue weighted by Crippen LogP contribution is 2.16. The molecule has 0 aliphatic rings. The number of methoxy groups -OCH3 is 1. The number of hydrogen-bond acceptors (Lipinski definition) is 4. The van der Waals surface area contributed by atoms with Crippen LogP contribution in [0.4, 0.5) is 4.79 Å². The van der Waals surface area contributed by atoms with Crippen LogP contribution in [0.1, 0.15) is 11.3 Å². The molecule has 0 aliphatic carbocycles. The lowest BCUT2D eigenvalue weighted by molar-refractivity contribution is 0.240. The highest BCUT2D eigenvalue weighted by Gasteiger charge is 2.09. The van der Waals surface area contributed by atoms with Gasteiger partial charge in [0.15, 0.2) is 0 Å². The fraction of sp³-hybridized carbons (Fsp3) is 0.211. The Hall–Kier alpha value is -3.35. The number of rotatable bonds is 6. The molecule has 26 heavy (non-hydrogen) atoms. The molecule has 0 bridgehead atoms. The first kappa shape index (κ1) is 17.5. The minimum absolute atomic E-state index is 0.245. The van der Waals surface area contributed by atoms with E-state index in [9.17, 15) is 4.79 Å². The van der Waals surface area contributed by atoms with Gasteiger partial charge >= 0.3 is 6.03 Å². The maximum absolute atomic E-state index is 12.0. The van der Waals surface area contributed by atoms with Crippen LogP contribution in [0.25, 0.3) is 11.4 Å². The van der Waals surface area contributed by atoms with E-state index in [4.69, 9.17) is 4.74 Å². The average Bonchev–Trinajstić information content (AvgIpc) is 3.06. The molecule has 0 saturated heterocycles. The average molecular weight is 351 g/mol. The number of benzene rings is 1. The van der Waals surface area contributed by atoms with Gasteiger partial charge in [0.25, 0.3) is 0 Å². The third-order valence-corrected chi connectivity index (χ3v) is 3.90. The first-order chi connectivity index (χ1) is 12.7. The van der Waals surface area contributed by atoms with Gasteiger partial charge in [-0.25, -0.2) is 4.79 Å². The van der Waals surface area contributed by atoms with Gasteiger partial charge in [-0.2, -0.15) is 5.10 Å². The maximum Gasteiger partial charge on any atom is 0.315 e. The zero-order valence-electron chi connectivity index (χ0n) is 14.8. The smallest absolute Gasteiger partial charge is 0.315 e. The lowest BCUT2D eigenvalue weighted by atomic mass is 10.2. The largest absolute Gasteiger partial charge is 0.497 e. The minimum Gasteiger partial charge on any atom is -0.497 e. The van der Waals surface area contributed by atoms with E-state index >= 15 is 0 Å². The molecule has 3 aromatic rings. The molecule has 1 aromatic carbocycles. The van der Waals surface area contributed by atoms with Crippen LogP contribution < -0.4 is 15.4 Å². The molecule has 2 heterocycles. The Morgan fingerprint density at radius 3 is 2.58 bits per heavy atom.